The van der Waals surface area contributed by atoms with Crippen LogP contribution in [0.2, 0.25) is 0 Å². The normalized spacial score (nSPS) is 15.0. The molecule has 3 aliphatic carbocycles. The fraction of sp³-hybridized carbons (Fsp3) is 0.0959. The minimum atomic E-state index is -0.600. The quantitative estimate of drug-likeness (QED) is 0.171. The molecule has 11 aromatic carbocycles. The van der Waals surface area contributed by atoms with E-state index in [1.807, 2.05) is 0 Å². The van der Waals surface area contributed by atoms with E-state index in [1.165, 1.54) is 99.7 Å². The van der Waals surface area contributed by atoms with Crippen molar-refractivity contribution in [1.29, 1.82) is 0 Å². The summed E-state index contributed by atoms with van der Waals surface area (Å²) in [5, 5.41) is 2.53. The zero-order chi connectivity index (χ0) is 50.7. The van der Waals surface area contributed by atoms with Gasteiger partial charge >= 0.3 is 0 Å². The van der Waals surface area contributed by atoms with Crippen LogP contribution in [0.3, 0.4) is 0 Å². The van der Waals surface area contributed by atoms with Gasteiger partial charge in [-0.1, -0.05) is 198 Å². The van der Waals surface area contributed by atoms with Crippen LogP contribution in [-0.4, -0.2) is 4.57 Å². The Morgan fingerprint density at radius 2 is 0.855 bits per heavy atom. The van der Waals surface area contributed by atoms with Gasteiger partial charge in [0.2, 0.25) is 0 Å². The molecule has 0 N–H and O–H groups in total. The van der Waals surface area contributed by atoms with E-state index in [9.17, 15) is 0 Å². The fourth-order valence-electron chi connectivity index (χ4n) is 14.6. The second kappa shape index (κ2) is 15.4. The zero-order valence-electron chi connectivity index (χ0n) is 42.9. The van der Waals surface area contributed by atoms with Gasteiger partial charge in [0.25, 0.3) is 0 Å². The average molecular weight is 973 g/mol. The molecule has 0 radical (unpaired) electrons. The molecule has 0 saturated heterocycles. The third kappa shape index (κ3) is 5.62. The predicted molar refractivity (Wildman–Crippen MR) is 313 cm³/mol. The minimum absolute atomic E-state index is 0.137. The molecule has 0 unspecified atom stereocenters. The van der Waals surface area contributed by atoms with Gasteiger partial charge in [0.15, 0.2) is 0 Å². The lowest BCUT2D eigenvalue weighted by atomic mass is 9.64. The Bertz CT molecular complexity index is 4410. The smallest absolute Gasteiger partial charge is 0.132 e. The van der Waals surface area contributed by atoms with Crippen LogP contribution in [0.5, 0.6) is 11.5 Å². The topological polar surface area (TPSA) is 17.4 Å². The summed E-state index contributed by atoms with van der Waals surface area (Å²) in [6, 6.07) is 90.5. The number of hydrogen-bond acceptors (Lipinski definition) is 2. The van der Waals surface area contributed by atoms with Crippen LogP contribution in [0.25, 0.3) is 72.0 Å². The molecule has 0 atom stereocenters. The summed E-state index contributed by atoms with van der Waals surface area (Å²) in [6.45, 7) is 9.58. The van der Waals surface area contributed by atoms with E-state index in [2.05, 4.69) is 280 Å². The molecule has 0 bridgehead atoms. The zero-order valence-corrected chi connectivity index (χ0v) is 42.9. The van der Waals surface area contributed by atoms with E-state index in [-0.39, 0.29) is 10.8 Å². The second-order valence-electron chi connectivity index (χ2n) is 22.3. The molecule has 76 heavy (non-hydrogen) atoms. The molecule has 360 valence electrons. The molecule has 0 fully saturated rings. The van der Waals surface area contributed by atoms with Crippen molar-refractivity contribution in [2.45, 2.75) is 43.9 Å². The summed E-state index contributed by atoms with van der Waals surface area (Å²) >= 11 is 0. The van der Waals surface area contributed by atoms with Gasteiger partial charge in [-0.2, -0.15) is 0 Å². The van der Waals surface area contributed by atoms with Gasteiger partial charge in [-0.3, -0.25) is 0 Å². The summed E-state index contributed by atoms with van der Waals surface area (Å²) < 4.78 is 9.30. The standard InChI is InChI=1S/C73H52N2O/c1-71(2)58-29-11-8-24-51(58)54-38-36-49(44-63(54)71)74(46-21-6-5-7-22-46)48-37-40-64-57(43-48)68-65(41-39-56-52-25-9-12-30-59(52)72(3,4)70(56)68)75(64)47-23-18-20-45(42-47)50-27-19-28-55-53-26-10-13-31-60(53)73(69(50)55)61-32-14-16-34-66(61)76-67-35-17-15-33-62(67)73/h5-44H,1-4H3. The van der Waals surface area contributed by atoms with Crippen molar-refractivity contribution < 1.29 is 4.74 Å². The highest BCUT2D eigenvalue weighted by Crippen LogP contribution is 2.64. The molecule has 1 aliphatic heterocycles. The van der Waals surface area contributed by atoms with Crippen LogP contribution in [-0.2, 0) is 16.2 Å². The van der Waals surface area contributed by atoms with E-state index < -0.39 is 5.41 Å². The summed E-state index contributed by atoms with van der Waals surface area (Å²) in [5.74, 6) is 1.79. The molecule has 0 saturated carbocycles. The molecule has 12 aromatic rings. The van der Waals surface area contributed by atoms with Crippen LogP contribution in [0.1, 0.15) is 72.2 Å². The summed E-state index contributed by atoms with van der Waals surface area (Å²) in [6.07, 6.45) is 0. The van der Waals surface area contributed by atoms with Gasteiger partial charge in [0.1, 0.15) is 11.5 Å². The molecule has 1 spiro atoms. The third-order valence-electron chi connectivity index (χ3n) is 17.8. The van der Waals surface area contributed by atoms with Crippen molar-refractivity contribution in [3.63, 3.8) is 0 Å². The second-order valence-corrected chi connectivity index (χ2v) is 22.3. The van der Waals surface area contributed by atoms with Crippen LogP contribution >= 0.6 is 0 Å². The molecular weight excluding hydrogens is 921 g/mol. The van der Waals surface area contributed by atoms with E-state index in [0.717, 1.165) is 45.4 Å². The molecular formula is C73H52N2O. The van der Waals surface area contributed by atoms with Crippen molar-refractivity contribution in [2.75, 3.05) is 4.90 Å². The number of rotatable bonds is 5. The maximum absolute atomic E-state index is 6.76. The Hall–Kier alpha value is -9.18. The number of ether oxygens (including phenoxy) is 1. The van der Waals surface area contributed by atoms with Gasteiger partial charge in [0, 0.05) is 55.5 Å². The van der Waals surface area contributed by atoms with Gasteiger partial charge in [-0.05, 0) is 151 Å². The van der Waals surface area contributed by atoms with Crippen molar-refractivity contribution in [3.05, 3.63) is 287 Å². The molecule has 1 aromatic heterocycles. The van der Waals surface area contributed by atoms with Crippen LogP contribution in [0.4, 0.5) is 17.1 Å². The summed E-state index contributed by atoms with van der Waals surface area (Å²) in [7, 11) is 0. The first-order chi connectivity index (χ1) is 37.2. The molecule has 0 amide bonds. The lowest BCUT2D eigenvalue weighted by Gasteiger charge is -2.40. The molecule has 4 aliphatic rings. The number of nitrogens with zero attached hydrogens (tertiary/aromatic N) is 2. The Morgan fingerprint density at radius 1 is 0.342 bits per heavy atom. The SMILES string of the molecule is CC1(C)c2ccccc2-c2ccc(N(c3ccccc3)c3ccc4c(c3)c3c5c(ccc3n4-c3cccc(-c4cccc6c4C4(c7ccccc7Oc7ccccc74)c4ccccc4-6)c3)-c3ccccc3C5(C)C)cc21. The lowest BCUT2D eigenvalue weighted by molar-refractivity contribution is 0.436. The van der Waals surface area contributed by atoms with Gasteiger partial charge in [0.05, 0.1) is 16.4 Å². The first-order valence-corrected chi connectivity index (χ1v) is 26.7. The van der Waals surface area contributed by atoms with Crippen molar-refractivity contribution in [2.24, 2.45) is 0 Å². The van der Waals surface area contributed by atoms with E-state index in [4.69, 9.17) is 4.74 Å². The minimum Gasteiger partial charge on any atom is -0.457 e. The Labute approximate surface area is 443 Å². The number of anilines is 3. The van der Waals surface area contributed by atoms with Crippen LogP contribution in [0.15, 0.2) is 243 Å². The third-order valence-corrected chi connectivity index (χ3v) is 17.8. The average Bonchev–Trinajstić information content (AvgIpc) is 4.12. The number of aromatic nitrogens is 1. The largest absolute Gasteiger partial charge is 0.457 e. The monoisotopic (exact) mass is 972 g/mol. The van der Waals surface area contributed by atoms with E-state index in [1.54, 1.807) is 0 Å². The maximum atomic E-state index is 6.76. The summed E-state index contributed by atoms with van der Waals surface area (Å²) in [4.78, 5) is 2.46. The van der Waals surface area contributed by atoms with Crippen LogP contribution in [0, 0.1) is 0 Å². The van der Waals surface area contributed by atoms with Gasteiger partial charge < -0.3 is 14.2 Å². The highest BCUT2D eigenvalue weighted by atomic mass is 16.5. The Balaban J connectivity index is 0.936. The van der Waals surface area contributed by atoms with Crippen molar-refractivity contribution in [1.82, 2.24) is 4.57 Å². The first-order valence-electron chi connectivity index (χ1n) is 26.7. The molecule has 16 rings (SSSR count). The van der Waals surface area contributed by atoms with E-state index >= 15 is 0 Å². The highest BCUT2D eigenvalue weighted by Gasteiger charge is 2.52. The molecule has 3 heteroatoms. The number of fused-ring (bicyclic) bond motifs is 19. The highest BCUT2D eigenvalue weighted by molar-refractivity contribution is 6.15. The molecule has 2 heterocycles. The maximum Gasteiger partial charge on any atom is 0.132 e. The number of hydrogen-bond donors (Lipinski definition) is 0. The Kier molecular flexibility index (Phi) is 8.79. The Morgan fingerprint density at radius 3 is 1.59 bits per heavy atom. The number of para-hydroxylation sites is 3. The van der Waals surface area contributed by atoms with Gasteiger partial charge in [-0.15, -0.1) is 0 Å². The fourth-order valence-corrected chi connectivity index (χ4v) is 14.6. The van der Waals surface area contributed by atoms with Crippen molar-refractivity contribution in [3.8, 4) is 61.7 Å². The van der Waals surface area contributed by atoms with Crippen LogP contribution < -0.4 is 9.64 Å². The number of benzene rings is 11. The van der Waals surface area contributed by atoms with E-state index in [0.29, 0.717) is 0 Å². The summed E-state index contributed by atoms with van der Waals surface area (Å²) in [5.41, 5.74) is 26.4. The first kappa shape index (κ1) is 43.2. The molecule has 3 nitrogen and oxygen atoms in total. The lowest BCUT2D eigenvalue weighted by Crippen LogP contribution is -2.32. The predicted octanol–water partition coefficient (Wildman–Crippen LogP) is 19.0. The van der Waals surface area contributed by atoms with Gasteiger partial charge in [-0.25, -0.2) is 0 Å². The van der Waals surface area contributed by atoms with Crippen molar-refractivity contribution >= 4 is 38.9 Å².